The molecule has 0 aromatic carbocycles. The summed E-state index contributed by atoms with van der Waals surface area (Å²) in [7, 11) is 0. The SMILES string of the molecule is CCCC(=O)N1CCC(N2CC[C@H](Cc3ccc(=O)[nH]c3)C2)CC1. The first kappa shape index (κ1) is 17.2. The van der Waals surface area contributed by atoms with E-state index in [1.165, 1.54) is 18.5 Å². The van der Waals surface area contributed by atoms with Crippen LogP contribution in [-0.4, -0.2) is 52.9 Å². The Hall–Kier alpha value is -1.62. The van der Waals surface area contributed by atoms with Crippen LogP contribution in [0.15, 0.2) is 23.1 Å². The van der Waals surface area contributed by atoms with Gasteiger partial charge in [0.2, 0.25) is 11.5 Å². The Morgan fingerprint density at radius 3 is 2.67 bits per heavy atom. The molecular weight excluding hydrogens is 302 g/mol. The highest BCUT2D eigenvalue weighted by molar-refractivity contribution is 5.76. The van der Waals surface area contributed by atoms with Gasteiger partial charge in [0.15, 0.2) is 0 Å². The molecule has 1 aromatic rings. The van der Waals surface area contributed by atoms with E-state index >= 15 is 0 Å². The molecule has 2 saturated heterocycles. The second-order valence-electron chi connectivity index (χ2n) is 7.28. The van der Waals surface area contributed by atoms with E-state index in [0.29, 0.717) is 24.3 Å². The maximum atomic E-state index is 12.0. The number of amides is 1. The fraction of sp³-hybridized carbons (Fsp3) is 0.684. The van der Waals surface area contributed by atoms with Crippen LogP contribution in [0.3, 0.4) is 0 Å². The topological polar surface area (TPSA) is 56.4 Å². The van der Waals surface area contributed by atoms with Crippen LogP contribution >= 0.6 is 0 Å². The Morgan fingerprint density at radius 2 is 2.00 bits per heavy atom. The molecule has 24 heavy (non-hydrogen) atoms. The largest absolute Gasteiger partial charge is 0.343 e. The third-order valence-electron chi connectivity index (χ3n) is 5.49. The summed E-state index contributed by atoms with van der Waals surface area (Å²) in [6.45, 7) is 6.22. The third kappa shape index (κ3) is 4.26. The van der Waals surface area contributed by atoms with E-state index in [9.17, 15) is 9.59 Å². The van der Waals surface area contributed by atoms with Crippen LogP contribution in [-0.2, 0) is 11.2 Å². The van der Waals surface area contributed by atoms with Crippen LogP contribution in [0.2, 0.25) is 0 Å². The maximum absolute atomic E-state index is 12.0. The average molecular weight is 331 g/mol. The minimum Gasteiger partial charge on any atom is -0.343 e. The quantitative estimate of drug-likeness (QED) is 0.898. The van der Waals surface area contributed by atoms with E-state index in [2.05, 4.69) is 16.8 Å². The number of aromatic amines is 1. The Balaban J connectivity index is 1.45. The summed E-state index contributed by atoms with van der Waals surface area (Å²) in [4.78, 5) is 30.6. The number of likely N-dealkylation sites (tertiary alicyclic amines) is 2. The third-order valence-corrected chi connectivity index (χ3v) is 5.49. The van der Waals surface area contributed by atoms with Gasteiger partial charge in [0.1, 0.15) is 0 Å². The summed E-state index contributed by atoms with van der Waals surface area (Å²) < 4.78 is 0. The van der Waals surface area contributed by atoms with Crippen molar-refractivity contribution in [3.8, 4) is 0 Å². The van der Waals surface area contributed by atoms with Gasteiger partial charge in [-0.2, -0.15) is 0 Å². The Bertz CT molecular complexity index is 584. The van der Waals surface area contributed by atoms with E-state index in [-0.39, 0.29) is 5.56 Å². The lowest BCUT2D eigenvalue weighted by Crippen LogP contribution is -2.46. The van der Waals surface area contributed by atoms with E-state index in [0.717, 1.165) is 45.3 Å². The van der Waals surface area contributed by atoms with Crippen molar-refractivity contribution >= 4 is 5.91 Å². The Kier molecular flexibility index (Phi) is 5.72. The van der Waals surface area contributed by atoms with Crippen molar-refractivity contribution in [1.82, 2.24) is 14.8 Å². The molecule has 2 aliphatic rings. The average Bonchev–Trinajstić information content (AvgIpc) is 3.06. The first-order valence-electron chi connectivity index (χ1n) is 9.35. The minimum atomic E-state index is -0.0313. The second-order valence-corrected chi connectivity index (χ2v) is 7.28. The second kappa shape index (κ2) is 7.97. The molecule has 1 N–H and O–H groups in total. The highest BCUT2D eigenvalue weighted by Gasteiger charge is 2.31. The molecule has 3 heterocycles. The molecule has 0 spiro atoms. The number of nitrogens with one attached hydrogen (secondary N) is 1. The molecule has 3 rings (SSSR count). The van der Waals surface area contributed by atoms with Gasteiger partial charge in [0.05, 0.1) is 0 Å². The summed E-state index contributed by atoms with van der Waals surface area (Å²) in [6, 6.07) is 4.20. The molecular formula is C19H29N3O2. The maximum Gasteiger partial charge on any atom is 0.247 e. The standard InChI is InChI=1S/C19H29N3O2/c1-2-3-19(24)21-10-7-17(8-11-21)22-9-6-16(14-22)12-15-4-5-18(23)20-13-15/h4-5,13,16-17H,2-3,6-12,14H2,1H3,(H,20,23)/t16-/m1/s1. The number of aromatic nitrogens is 1. The molecule has 1 atom stereocenters. The molecule has 0 bridgehead atoms. The molecule has 0 aliphatic carbocycles. The first-order chi connectivity index (χ1) is 11.7. The van der Waals surface area contributed by atoms with Crippen LogP contribution in [0, 0.1) is 5.92 Å². The van der Waals surface area contributed by atoms with E-state index in [1.807, 2.05) is 17.2 Å². The number of pyridine rings is 1. The lowest BCUT2D eigenvalue weighted by molar-refractivity contribution is -0.132. The predicted molar refractivity (Wildman–Crippen MR) is 95.0 cm³/mol. The van der Waals surface area contributed by atoms with Crippen molar-refractivity contribution in [3.63, 3.8) is 0 Å². The summed E-state index contributed by atoms with van der Waals surface area (Å²) in [5.74, 6) is 1.00. The number of carbonyl (C=O) groups is 1. The zero-order valence-corrected chi connectivity index (χ0v) is 14.7. The number of rotatable bonds is 5. The van der Waals surface area contributed by atoms with Gasteiger partial charge in [0, 0.05) is 44.4 Å². The van der Waals surface area contributed by atoms with Gasteiger partial charge < -0.3 is 9.88 Å². The normalized spacial score (nSPS) is 22.9. The fourth-order valence-corrected chi connectivity index (χ4v) is 4.12. The zero-order chi connectivity index (χ0) is 16.9. The van der Waals surface area contributed by atoms with Gasteiger partial charge in [-0.1, -0.05) is 13.0 Å². The van der Waals surface area contributed by atoms with Gasteiger partial charge >= 0.3 is 0 Å². The lowest BCUT2D eigenvalue weighted by atomic mass is 9.99. The Labute approximate surface area is 144 Å². The van der Waals surface area contributed by atoms with Crippen molar-refractivity contribution in [2.24, 2.45) is 5.92 Å². The van der Waals surface area contributed by atoms with Crippen molar-refractivity contribution in [1.29, 1.82) is 0 Å². The number of piperidine rings is 1. The number of hydrogen-bond donors (Lipinski definition) is 1. The van der Waals surface area contributed by atoms with Gasteiger partial charge in [-0.15, -0.1) is 0 Å². The molecule has 0 unspecified atom stereocenters. The van der Waals surface area contributed by atoms with Crippen molar-refractivity contribution in [3.05, 3.63) is 34.2 Å². The van der Waals surface area contributed by atoms with Gasteiger partial charge in [-0.3, -0.25) is 14.5 Å². The Morgan fingerprint density at radius 1 is 1.21 bits per heavy atom. The molecule has 132 valence electrons. The molecule has 0 radical (unpaired) electrons. The number of H-pyrrole nitrogens is 1. The minimum absolute atomic E-state index is 0.0313. The van der Waals surface area contributed by atoms with Crippen LogP contribution in [0.1, 0.15) is 44.6 Å². The molecule has 1 aromatic heterocycles. The molecule has 5 nitrogen and oxygen atoms in total. The van der Waals surface area contributed by atoms with Crippen LogP contribution in [0.25, 0.3) is 0 Å². The summed E-state index contributed by atoms with van der Waals surface area (Å²) in [5.41, 5.74) is 1.19. The number of hydrogen-bond acceptors (Lipinski definition) is 3. The van der Waals surface area contributed by atoms with Crippen molar-refractivity contribution < 1.29 is 4.79 Å². The van der Waals surface area contributed by atoms with Gasteiger partial charge in [-0.25, -0.2) is 0 Å². The van der Waals surface area contributed by atoms with Gasteiger partial charge in [0.25, 0.3) is 0 Å². The predicted octanol–water partition coefficient (Wildman–Crippen LogP) is 2.03. The van der Waals surface area contributed by atoms with Crippen LogP contribution < -0.4 is 5.56 Å². The number of carbonyl (C=O) groups excluding carboxylic acids is 1. The monoisotopic (exact) mass is 331 g/mol. The van der Waals surface area contributed by atoms with E-state index in [1.54, 1.807) is 6.07 Å². The van der Waals surface area contributed by atoms with Crippen LogP contribution in [0.5, 0.6) is 0 Å². The van der Waals surface area contributed by atoms with Crippen LogP contribution in [0.4, 0.5) is 0 Å². The smallest absolute Gasteiger partial charge is 0.247 e. The molecule has 1 amide bonds. The summed E-state index contributed by atoms with van der Waals surface area (Å²) in [6.07, 6.45) is 7.98. The lowest BCUT2D eigenvalue weighted by Gasteiger charge is -2.37. The molecule has 2 aliphatic heterocycles. The van der Waals surface area contributed by atoms with E-state index < -0.39 is 0 Å². The highest BCUT2D eigenvalue weighted by Crippen LogP contribution is 2.26. The number of nitrogens with zero attached hydrogens (tertiary/aromatic N) is 2. The summed E-state index contributed by atoms with van der Waals surface area (Å²) >= 11 is 0. The molecule has 2 fully saturated rings. The van der Waals surface area contributed by atoms with Crippen molar-refractivity contribution in [2.45, 2.75) is 51.5 Å². The van der Waals surface area contributed by atoms with E-state index in [4.69, 9.17) is 0 Å². The highest BCUT2D eigenvalue weighted by atomic mass is 16.2. The zero-order valence-electron chi connectivity index (χ0n) is 14.7. The fourth-order valence-electron chi connectivity index (χ4n) is 4.12. The first-order valence-corrected chi connectivity index (χ1v) is 9.35. The van der Waals surface area contributed by atoms with Crippen molar-refractivity contribution in [2.75, 3.05) is 26.2 Å². The summed E-state index contributed by atoms with van der Waals surface area (Å²) in [5, 5.41) is 0. The molecule has 5 heteroatoms. The van der Waals surface area contributed by atoms with Gasteiger partial charge in [-0.05, 0) is 50.1 Å². The molecule has 0 saturated carbocycles.